The summed E-state index contributed by atoms with van der Waals surface area (Å²) in [5, 5.41) is 11.3. The monoisotopic (exact) mass is 398 g/mol. The molecule has 2 heterocycles. The Balaban J connectivity index is 2.23. The third-order valence-electron chi connectivity index (χ3n) is 4.66. The highest BCUT2D eigenvalue weighted by molar-refractivity contribution is 6.08. The number of fused-ring (bicyclic) bond motifs is 3. The number of rotatable bonds is 7. The van der Waals surface area contributed by atoms with Crippen molar-refractivity contribution >= 4 is 33.7 Å². The quantitative estimate of drug-likeness (QED) is 0.586. The number of ether oxygens (including phenoxy) is 1. The maximum absolute atomic E-state index is 12.3. The van der Waals surface area contributed by atoms with Gasteiger partial charge in [0.2, 0.25) is 0 Å². The van der Waals surface area contributed by atoms with Crippen LogP contribution in [-0.2, 0) is 17.7 Å². The number of hydrogen-bond donors (Lipinski definition) is 2. The van der Waals surface area contributed by atoms with Crippen LogP contribution in [-0.4, -0.2) is 37.3 Å². The number of esters is 1. The van der Waals surface area contributed by atoms with Crippen LogP contribution in [0.4, 0.5) is 5.82 Å². The fourth-order valence-corrected chi connectivity index (χ4v) is 3.45. The van der Waals surface area contributed by atoms with Gasteiger partial charge in [0, 0.05) is 11.8 Å². The van der Waals surface area contributed by atoms with E-state index in [-0.39, 0.29) is 6.10 Å². The number of aryl methyl sites for hydroxylation is 1. The number of nitrogens with two attached hydrogens (primary N) is 1. The average molecular weight is 399 g/mol. The average Bonchev–Trinajstić information content (AvgIpc) is 2.96. The summed E-state index contributed by atoms with van der Waals surface area (Å²) in [6, 6.07) is 5.29. The van der Waals surface area contributed by atoms with E-state index in [1.54, 1.807) is 26.0 Å². The third kappa shape index (κ3) is 4.50. The summed E-state index contributed by atoms with van der Waals surface area (Å²) in [6.45, 7) is 9.69. The number of benzene rings is 1. The standard InChI is InChI=1S/C22H30N4O3/c1-6-7-8-17-25-18-19(26(17)12-22(4,5)28)15-10-9-14(21(27)29-13(2)3)11-16(15)24-20(18)23/h9-11,13,28H,6-8,12H2,1-5H3,(H2,23,24). The van der Waals surface area contributed by atoms with E-state index in [2.05, 4.69) is 11.9 Å². The summed E-state index contributed by atoms with van der Waals surface area (Å²) in [6.07, 6.45) is 2.63. The molecule has 3 N–H and O–H groups in total. The minimum Gasteiger partial charge on any atom is -0.459 e. The first-order valence-electron chi connectivity index (χ1n) is 10.1. The van der Waals surface area contributed by atoms with Crippen molar-refractivity contribution in [1.82, 2.24) is 14.5 Å². The lowest BCUT2D eigenvalue weighted by Crippen LogP contribution is -2.27. The van der Waals surface area contributed by atoms with E-state index >= 15 is 0 Å². The second-order valence-electron chi connectivity index (χ2n) is 8.41. The number of anilines is 1. The highest BCUT2D eigenvalue weighted by atomic mass is 16.5. The van der Waals surface area contributed by atoms with Crippen LogP contribution in [0.15, 0.2) is 18.2 Å². The molecule has 0 saturated heterocycles. The predicted molar refractivity (Wildman–Crippen MR) is 115 cm³/mol. The molecular weight excluding hydrogens is 368 g/mol. The van der Waals surface area contributed by atoms with Gasteiger partial charge < -0.3 is 20.1 Å². The fraction of sp³-hybridized carbons (Fsp3) is 0.500. The zero-order valence-corrected chi connectivity index (χ0v) is 17.8. The van der Waals surface area contributed by atoms with Crippen LogP contribution in [0.2, 0.25) is 0 Å². The van der Waals surface area contributed by atoms with Crippen molar-refractivity contribution in [3.63, 3.8) is 0 Å². The molecule has 0 aliphatic carbocycles. The van der Waals surface area contributed by atoms with Crippen LogP contribution in [0, 0.1) is 0 Å². The molecule has 7 heteroatoms. The van der Waals surface area contributed by atoms with Crippen molar-refractivity contribution in [2.45, 2.75) is 72.1 Å². The van der Waals surface area contributed by atoms with Crippen LogP contribution in [0.5, 0.6) is 0 Å². The maximum Gasteiger partial charge on any atom is 0.338 e. The molecule has 3 rings (SSSR count). The Morgan fingerprint density at radius 2 is 2.03 bits per heavy atom. The number of nitrogen functional groups attached to an aromatic ring is 1. The molecule has 0 bridgehead atoms. The number of carbonyl (C=O) groups excluding carboxylic acids is 1. The number of pyridine rings is 1. The zero-order chi connectivity index (χ0) is 21.3. The molecule has 0 atom stereocenters. The first kappa shape index (κ1) is 21.0. The molecule has 0 spiro atoms. The van der Waals surface area contributed by atoms with Crippen LogP contribution in [0.1, 0.15) is 63.6 Å². The van der Waals surface area contributed by atoms with E-state index in [9.17, 15) is 9.90 Å². The van der Waals surface area contributed by atoms with Gasteiger partial charge in [-0.25, -0.2) is 14.8 Å². The van der Waals surface area contributed by atoms with Crippen molar-refractivity contribution in [2.75, 3.05) is 5.73 Å². The summed E-state index contributed by atoms with van der Waals surface area (Å²) in [7, 11) is 0. The number of carbonyl (C=O) groups is 1. The Morgan fingerprint density at radius 1 is 1.31 bits per heavy atom. The minimum absolute atomic E-state index is 0.201. The molecule has 1 aromatic carbocycles. The van der Waals surface area contributed by atoms with E-state index in [0.717, 1.165) is 36.0 Å². The molecule has 7 nitrogen and oxygen atoms in total. The van der Waals surface area contributed by atoms with E-state index < -0.39 is 11.6 Å². The van der Waals surface area contributed by atoms with Crippen LogP contribution >= 0.6 is 0 Å². The molecular formula is C22H30N4O3. The van der Waals surface area contributed by atoms with Crippen molar-refractivity contribution in [3.05, 3.63) is 29.6 Å². The van der Waals surface area contributed by atoms with Crippen LogP contribution in [0.3, 0.4) is 0 Å². The predicted octanol–water partition coefficient (Wildman–Crippen LogP) is 3.85. The van der Waals surface area contributed by atoms with Gasteiger partial charge in [-0.1, -0.05) is 13.3 Å². The Bertz CT molecular complexity index is 1050. The third-order valence-corrected chi connectivity index (χ3v) is 4.66. The van der Waals surface area contributed by atoms with Gasteiger partial charge in [-0.05, 0) is 52.3 Å². The number of aromatic nitrogens is 3. The molecule has 0 aliphatic rings. The van der Waals surface area contributed by atoms with Crippen LogP contribution < -0.4 is 5.73 Å². The fourth-order valence-electron chi connectivity index (χ4n) is 3.45. The van der Waals surface area contributed by atoms with Crippen molar-refractivity contribution in [1.29, 1.82) is 0 Å². The molecule has 0 saturated carbocycles. The Labute approximate surface area is 170 Å². The van der Waals surface area contributed by atoms with Gasteiger partial charge in [0.05, 0.1) is 34.8 Å². The lowest BCUT2D eigenvalue weighted by molar-refractivity contribution is 0.0378. The molecule has 0 amide bonds. The second kappa shape index (κ2) is 7.99. The van der Waals surface area contributed by atoms with Crippen molar-refractivity contribution in [3.8, 4) is 0 Å². The van der Waals surface area contributed by atoms with Crippen molar-refractivity contribution < 1.29 is 14.6 Å². The van der Waals surface area contributed by atoms with Gasteiger partial charge in [0.15, 0.2) is 5.82 Å². The van der Waals surface area contributed by atoms with Gasteiger partial charge in [0.1, 0.15) is 11.3 Å². The highest BCUT2D eigenvalue weighted by Crippen LogP contribution is 2.31. The Hall–Kier alpha value is -2.67. The van der Waals surface area contributed by atoms with Gasteiger partial charge in [-0.15, -0.1) is 0 Å². The molecule has 156 valence electrons. The molecule has 0 fully saturated rings. The molecule has 0 aliphatic heterocycles. The lowest BCUT2D eigenvalue weighted by Gasteiger charge is -2.20. The van der Waals surface area contributed by atoms with Gasteiger partial charge >= 0.3 is 5.97 Å². The van der Waals surface area contributed by atoms with Gasteiger partial charge in [0.25, 0.3) is 0 Å². The first-order valence-corrected chi connectivity index (χ1v) is 10.1. The summed E-state index contributed by atoms with van der Waals surface area (Å²) < 4.78 is 7.33. The molecule has 0 radical (unpaired) electrons. The van der Waals surface area contributed by atoms with Gasteiger partial charge in [-0.3, -0.25) is 0 Å². The molecule has 3 aromatic rings. The SMILES string of the molecule is CCCCc1nc2c(N)nc3cc(C(=O)OC(C)C)ccc3c2n1CC(C)(C)O. The second-order valence-corrected chi connectivity index (χ2v) is 8.41. The number of unbranched alkanes of at least 4 members (excludes halogenated alkanes) is 1. The summed E-state index contributed by atoms with van der Waals surface area (Å²) in [5.74, 6) is 0.804. The first-order chi connectivity index (χ1) is 13.6. The van der Waals surface area contributed by atoms with E-state index in [4.69, 9.17) is 15.5 Å². The molecule has 2 aromatic heterocycles. The van der Waals surface area contributed by atoms with E-state index in [1.807, 2.05) is 24.5 Å². The zero-order valence-electron chi connectivity index (χ0n) is 17.8. The maximum atomic E-state index is 12.3. The van der Waals surface area contributed by atoms with E-state index in [1.165, 1.54) is 0 Å². The topological polar surface area (TPSA) is 103 Å². The lowest BCUT2D eigenvalue weighted by atomic mass is 10.1. The number of nitrogens with zero attached hydrogens (tertiary/aromatic N) is 3. The van der Waals surface area contributed by atoms with Gasteiger partial charge in [-0.2, -0.15) is 0 Å². The summed E-state index contributed by atoms with van der Waals surface area (Å²) in [4.78, 5) is 21.5. The number of aliphatic hydroxyl groups is 1. The minimum atomic E-state index is -0.917. The Morgan fingerprint density at radius 3 is 2.66 bits per heavy atom. The van der Waals surface area contributed by atoms with Crippen molar-refractivity contribution in [2.24, 2.45) is 0 Å². The molecule has 29 heavy (non-hydrogen) atoms. The molecule has 0 unspecified atom stereocenters. The highest BCUT2D eigenvalue weighted by Gasteiger charge is 2.23. The summed E-state index contributed by atoms with van der Waals surface area (Å²) in [5.41, 5.74) is 7.82. The largest absolute Gasteiger partial charge is 0.459 e. The Kier molecular flexibility index (Phi) is 5.80. The normalized spacial score (nSPS) is 12.2. The summed E-state index contributed by atoms with van der Waals surface area (Å²) >= 11 is 0. The number of hydrogen-bond acceptors (Lipinski definition) is 6. The smallest absolute Gasteiger partial charge is 0.338 e. The van der Waals surface area contributed by atoms with E-state index in [0.29, 0.717) is 29.0 Å². The van der Waals surface area contributed by atoms with Crippen LogP contribution in [0.25, 0.3) is 21.9 Å². The number of imidazole rings is 1.